The third-order valence-corrected chi connectivity index (χ3v) is 4.16. The number of rotatable bonds is 1. The van der Waals surface area contributed by atoms with Gasteiger partial charge in [-0.15, -0.1) is 10.2 Å². The molecular weight excluding hydrogens is 311 g/mol. The van der Waals surface area contributed by atoms with Crippen LogP contribution in [0.2, 0.25) is 10.0 Å². The first kappa shape index (κ1) is 13.1. The van der Waals surface area contributed by atoms with Gasteiger partial charge in [-0.25, -0.2) is 4.98 Å². The van der Waals surface area contributed by atoms with Crippen molar-refractivity contribution in [3.05, 3.63) is 28.5 Å². The van der Waals surface area contributed by atoms with Gasteiger partial charge in [0.1, 0.15) is 11.8 Å². The van der Waals surface area contributed by atoms with E-state index in [9.17, 15) is 0 Å². The number of halogens is 2. The first-order valence-electron chi connectivity index (χ1n) is 6.68. The molecule has 1 aliphatic rings. The molecular formula is C13H12Cl2N6. The summed E-state index contributed by atoms with van der Waals surface area (Å²) in [5.74, 6) is 0.811. The topological polar surface area (TPSA) is 58.4 Å². The van der Waals surface area contributed by atoms with E-state index in [1.165, 1.54) is 0 Å². The van der Waals surface area contributed by atoms with Gasteiger partial charge < -0.3 is 10.2 Å². The van der Waals surface area contributed by atoms with E-state index in [-0.39, 0.29) is 0 Å². The summed E-state index contributed by atoms with van der Waals surface area (Å²) in [5, 5.41) is 12.6. The molecule has 3 aromatic rings. The zero-order chi connectivity index (χ0) is 14.4. The summed E-state index contributed by atoms with van der Waals surface area (Å²) < 4.78 is 1.89. The maximum Gasteiger partial charge on any atom is 0.204 e. The highest BCUT2D eigenvalue weighted by Crippen LogP contribution is 2.30. The summed E-state index contributed by atoms with van der Waals surface area (Å²) in [5.41, 5.74) is 2.25. The summed E-state index contributed by atoms with van der Waals surface area (Å²) in [6.07, 6.45) is 1.66. The van der Waals surface area contributed by atoms with Crippen LogP contribution in [0.4, 0.5) is 5.82 Å². The van der Waals surface area contributed by atoms with E-state index in [2.05, 4.69) is 20.4 Å². The Balaban J connectivity index is 2.03. The van der Waals surface area contributed by atoms with E-state index in [0.29, 0.717) is 15.6 Å². The molecule has 108 valence electrons. The van der Waals surface area contributed by atoms with Crippen LogP contribution >= 0.6 is 23.2 Å². The maximum atomic E-state index is 6.31. The van der Waals surface area contributed by atoms with Crippen LogP contribution in [0.15, 0.2) is 18.5 Å². The second kappa shape index (κ2) is 4.98. The highest BCUT2D eigenvalue weighted by molar-refractivity contribution is 6.38. The molecule has 1 fully saturated rings. The quantitative estimate of drug-likeness (QED) is 0.742. The average Bonchev–Trinajstić information content (AvgIpc) is 2.97. The van der Waals surface area contributed by atoms with Crippen LogP contribution in [-0.4, -0.2) is 45.8 Å². The Morgan fingerprint density at radius 3 is 2.76 bits per heavy atom. The predicted molar refractivity (Wildman–Crippen MR) is 83.4 cm³/mol. The van der Waals surface area contributed by atoms with Crippen molar-refractivity contribution in [2.24, 2.45) is 0 Å². The van der Waals surface area contributed by atoms with Gasteiger partial charge in [-0.05, 0) is 12.1 Å². The molecule has 21 heavy (non-hydrogen) atoms. The van der Waals surface area contributed by atoms with Crippen molar-refractivity contribution >= 4 is 45.7 Å². The average molecular weight is 323 g/mol. The monoisotopic (exact) mass is 322 g/mol. The smallest absolute Gasteiger partial charge is 0.204 e. The van der Waals surface area contributed by atoms with Crippen molar-refractivity contribution in [3.8, 4) is 0 Å². The second-order valence-corrected chi connectivity index (χ2v) is 5.80. The van der Waals surface area contributed by atoms with Gasteiger partial charge in [0, 0.05) is 31.2 Å². The van der Waals surface area contributed by atoms with Crippen molar-refractivity contribution < 1.29 is 0 Å². The van der Waals surface area contributed by atoms with Gasteiger partial charge in [-0.1, -0.05) is 23.2 Å². The standard InChI is InChI=1S/C13H12Cl2N6/c14-8-5-9(15)11-10(6-8)21-7-17-19-13(21)12(18-11)20-3-1-16-2-4-20/h5-7,16H,1-4H2. The second-order valence-electron chi connectivity index (χ2n) is 4.95. The molecule has 1 saturated heterocycles. The van der Waals surface area contributed by atoms with Crippen LogP contribution in [0, 0.1) is 0 Å². The normalized spacial score (nSPS) is 16.0. The molecule has 3 heterocycles. The Morgan fingerprint density at radius 1 is 1.14 bits per heavy atom. The molecule has 1 aliphatic heterocycles. The van der Waals surface area contributed by atoms with Crippen LogP contribution in [0.5, 0.6) is 0 Å². The number of piperazine rings is 1. The number of nitrogens with one attached hydrogen (secondary N) is 1. The Morgan fingerprint density at radius 2 is 1.95 bits per heavy atom. The number of nitrogens with zero attached hydrogens (tertiary/aromatic N) is 5. The van der Waals surface area contributed by atoms with Crippen molar-refractivity contribution in [3.63, 3.8) is 0 Å². The summed E-state index contributed by atoms with van der Waals surface area (Å²) in [6, 6.07) is 3.53. The number of hydrogen-bond acceptors (Lipinski definition) is 5. The van der Waals surface area contributed by atoms with Gasteiger partial charge in [-0.2, -0.15) is 0 Å². The van der Waals surface area contributed by atoms with E-state index in [1.807, 2.05) is 10.5 Å². The largest absolute Gasteiger partial charge is 0.351 e. The third kappa shape index (κ3) is 2.10. The van der Waals surface area contributed by atoms with Crippen LogP contribution in [0.3, 0.4) is 0 Å². The molecule has 0 spiro atoms. The predicted octanol–water partition coefficient (Wildman–Crippen LogP) is 1.99. The molecule has 0 aliphatic carbocycles. The SMILES string of the molecule is Clc1cc(Cl)c2nc(N3CCNCC3)c3nncn3c2c1. The molecule has 1 aromatic carbocycles. The van der Waals surface area contributed by atoms with Gasteiger partial charge in [-0.3, -0.25) is 4.40 Å². The number of aromatic nitrogens is 4. The molecule has 8 heteroatoms. The van der Waals surface area contributed by atoms with Gasteiger partial charge >= 0.3 is 0 Å². The van der Waals surface area contributed by atoms with Gasteiger partial charge in [0.25, 0.3) is 0 Å². The van der Waals surface area contributed by atoms with Gasteiger partial charge in [0.2, 0.25) is 5.65 Å². The highest BCUT2D eigenvalue weighted by Gasteiger charge is 2.19. The molecule has 0 bridgehead atoms. The molecule has 0 radical (unpaired) electrons. The Labute approximate surface area is 130 Å². The Bertz CT molecular complexity index is 824. The molecule has 4 rings (SSSR count). The lowest BCUT2D eigenvalue weighted by Crippen LogP contribution is -2.44. The molecule has 0 unspecified atom stereocenters. The highest BCUT2D eigenvalue weighted by atomic mass is 35.5. The summed E-state index contributed by atoms with van der Waals surface area (Å²) in [4.78, 5) is 6.92. The molecule has 0 atom stereocenters. The number of hydrogen-bond donors (Lipinski definition) is 1. The zero-order valence-electron chi connectivity index (χ0n) is 11.1. The van der Waals surface area contributed by atoms with Crippen LogP contribution in [-0.2, 0) is 0 Å². The fourth-order valence-corrected chi connectivity index (χ4v) is 3.18. The number of benzene rings is 1. The van der Waals surface area contributed by atoms with Crippen LogP contribution in [0.25, 0.3) is 16.7 Å². The lowest BCUT2D eigenvalue weighted by atomic mass is 10.3. The van der Waals surface area contributed by atoms with Gasteiger partial charge in [0.15, 0.2) is 5.82 Å². The first-order chi connectivity index (χ1) is 10.2. The lowest BCUT2D eigenvalue weighted by Gasteiger charge is -2.28. The van der Waals surface area contributed by atoms with Crippen molar-refractivity contribution in [1.29, 1.82) is 0 Å². The lowest BCUT2D eigenvalue weighted by molar-refractivity contribution is 0.586. The molecule has 2 aromatic heterocycles. The minimum atomic E-state index is 0.532. The summed E-state index contributed by atoms with van der Waals surface area (Å²) in [7, 11) is 0. The van der Waals surface area contributed by atoms with E-state index < -0.39 is 0 Å². The van der Waals surface area contributed by atoms with Crippen molar-refractivity contribution in [2.75, 3.05) is 31.1 Å². The number of anilines is 1. The van der Waals surface area contributed by atoms with E-state index >= 15 is 0 Å². The van der Waals surface area contributed by atoms with Crippen LogP contribution in [0.1, 0.15) is 0 Å². The Hall–Kier alpha value is -1.63. The first-order valence-corrected chi connectivity index (χ1v) is 7.44. The van der Waals surface area contributed by atoms with E-state index in [0.717, 1.165) is 43.2 Å². The van der Waals surface area contributed by atoms with E-state index in [4.69, 9.17) is 28.2 Å². The number of fused-ring (bicyclic) bond motifs is 3. The minimum Gasteiger partial charge on any atom is -0.351 e. The molecule has 1 N–H and O–H groups in total. The fourth-order valence-electron chi connectivity index (χ4n) is 2.66. The fraction of sp³-hybridized carbons (Fsp3) is 0.308. The molecule has 6 nitrogen and oxygen atoms in total. The van der Waals surface area contributed by atoms with Crippen LogP contribution < -0.4 is 10.2 Å². The maximum absolute atomic E-state index is 6.31. The van der Waals surface area contributed by atoms with Crippen molar-refractivity contribution in [1.82, 2.24) is 24.9 Å². The zero-order valence-corrected chi connectivity index (χ0v) is 12.6. The van der Waals surface area contributed by atoms with Crippen molar-refractivity contribution in [2.45, 2.75) is 0 Å². The summed E-state index contributed by atoms with van der Waals surface area (Å²) >= 11 is 12.4. The van der Waals surface area contributed by atoms with E-state index in [1.54, 1.807) is 12.4 Å². The van der Waals surface area contributed by atoms with Gasteiger partial charge in [0.05, 0.1) is 10.5 Å². The Kier molecular flexibility index (Phi) is 3.10. The summed E-state index contributed by atoms with van der Waals surface area (Å²) in [6.45, 7) is 3.61. The third-order valence-electron chi connectivity index (χ3n) is 3.65. The minimum absolute atomic E-state index is 0.532. The molecule has 0 amide bonds. The molecule has 0 saturated carbocycles.